The van der Waals surface area contributed by atoms with Gasteiger partial charge in [0.05, 0.1) is 0 Å². The van der Waals surface area contributed by atoms with E-state index in [9.17, 15) is 9.59 Å². The third-order valence-electron chi connectivity index (χ3n) is 4.46. The molecule has 0 aliphatic carbocycles. The highest BCUT2D eigenvalue weighted by atomic mass is 35.5. The molecule has 130 valence electrons. The molecule has 0 spiro atoms. The van der Waals surface area contributed by atoms with Crippen LogP contribution >= 0.6 is 11.6 Å². The van der Waals surface area contributed by atoms with Crippen molar-refractivity contribution < 1.29 is 9.59 Å². The summed E-state index contributed by atoms with van der Waals surface area (Å²) in [5.74, 6) is 0.165. The molecule has 1 aliphatic heterocycles. The third kappa shape index (κ3) is 4.60. The number of piperazine rings is 1. The van der Waals surface area contributed by atoms with E-state index in [1.807, 2.05) is 64.4 Å². The van der Waals surface area contributed by atoms with Crippen LogP contribution in [0.2, 0.25) is 5.02 Å². The van der Waals surface area contributed by atoms with Crippen molar-refractivity contribution in [2.75, 3.05) is 26.2 Å². The van der Waals surface area contributed by atoms with Crippen molar-refractivity contribution in [2.45, 2.75) is 12.8 Å². The summed E-state index contributed by atoms with van der Waals surface area (Å²) in [6, 6.07) is 16.9. The number of nitrogens with zero attached hydrogens (tertiary/aromatic N) is 2. The Morgan fingerprint density at radius 1 is 0.880 bits per heavy atom. The van der Waals surface area contributed by atoms with Gasteiger partial charge in [-0.25, -0.2) is 0 Å². The van der Waals surface area contributed by atoms with E-state index >= 15 is 0 Å². The van der Waals surface area contributed by atoms with Crippen LogP contribution in [-0.2, 0) is 11.2 Å². The average Bonchev–Trinajstić information content (AvgIpc) is 2.66. The second-order valence-corrected chi connectivity index (χ2v) is 6.61. The Balaban J connectivity index is 1.48. The van der Waals surface area contributed by atoms with Gasteiger partial charge in [0.25, 0.3) is 5.91 Å². The van der Waals surface area contributed by atoms with Crippen molar-refractivity contribution in [1.29, 1.82) is 0 Å². The van der Waals surface area contributed by atoms with Gasteiger partial charge >= 0.3 is 0 Å². The molecular formula is C20H21ClN2O2. The summed E-state index contributed by atoms with van der Waals surface area (Å²) >= 11 is 5.97. The van der Waals surface area contributed by atoms with Crippen molar-refractivity contribution in [1.82, 2.24) is 9.80 Å². The van der Waals surface area contributed by atoms with Crippen LogP contribution in [0, 0.1) is 0 Å². The Bertz CT molecular complexity index is 740. The van der Waals surface area contributed by atoms with Crippen LogP contribution in [0.3, 0.4) is 0 Å². The predicted octanol–water partition coefficient (Wildman–Crippen LogP) is 3.26. The zero-order valence-corrected chi connectivity index (χ0v) is 14.8. The molecule has 1 fully saturated rings. The SMILES string of the molecule is O=C(CCc1cccc(Cl)c1)N1CCN(C(=O)c2ccccc2)CC1. The van der Waals surface area contributed by atoms with Crippen LogP contribution in [0.1, 0.15) is 22.3 Å². The molecule has 5 heteroatoms. The largest absolute Gasteiger partial charge is 0.339 e. The Morgan fingerprint density at radius 2 is 1.56 bits per heavy atom. The normalized spacial score (nSPS) is 14.4. The van der Waals surface area contributed by atoms with Crippen LogP contribution in [0.15, 0.2) is 54.6 Å². The molecule has 0 unspecified atom stereocenters. The van der Waals surface area contributed by atoms with E-state index < -0.39 is 0 Å². The highest BCUT2D eigenvalue weighted by Crippen LogP contribution is 2.14. The standard InChI is InChI=1S/C20H21ClN2O2/c21-18-8-4-5-16(15-18)9-10-19(24)22-11-13-23(14-12-22)20(25)17-6-2-1-3-7-17/h1-8,15H,9-14H2. The first-order valence-electron chi connectivity index (χ1n) is 8.50. The quantitative estimate of drug-likeness (QED) is 0.843. The summed E-state index contributed by atoms with van der Waals surface area (Å²) in [6.45, 7) is 2.34. The highest BCUT2D eigenvalue weighted by Gasteiger charge is 2.24. The fourth-order valence-electron chi connectivity index (χ4n) is 3.02. The van der Waals surface area contributed by atoms with E-state index in [-0.39, 0.29) is 11.8 Å². The average molecular weight is 357 g/mol. The summed E-state index contributed by atoms with van der Waals surface area (Å²) in [5, 5.41) is 0.693. The molecule has 1 saturated heterocycles. The van der Waals surface area contributed by atoms with Crippen molar-refractivity contribution in [2.24, 2.45) is 0 Å². The van der Waals surface area contributed by atoms with E-state index in [0.29, 0.717) is 49.6 Å². The molecule has 2 amide bonds. The maximum Gasteiger partial charge on any atom is 0.253 e. The van der Waals surface area contributed by atoms with Crippen molar-refractivity contribution >= 4 is 23.4 Å². The van der Waals surface area contributed by atoms with Gasteiger partial charge in [-0.3, -0.25) is 9.59 Å². The number of benzene rings is 2. The van der Waals surface area contributed by atoms with Crippen molar-refractivity contribution in [3.8, 4) is 0 Å². The number of rotatable bonds is 4. The van der Waals surface area contributed by atoms with Crippen LogP contribution in [0.5, 0.6) is 0 Å². The first-order chi connectivity index (χ1) is 12.1. The molecule has 0 bridgehead atoms. The van der Waals surface area contributed by atoms with Gasteiger partial charge in [-0.1, -0.05) is 41.9 Å². The minimum Gasteiger partial charge on any atom is -0.339 e. The summed E-state index contributed by atoms with van der Waals surface area (Å²) < 4.78 is 0. The van der Waals surface area contributed by atoms with Gasteiger partial charge in [0, 0.05) is 43.2 Å². The molecule has 0 saturated carbocycles. The lowest BCUT2D eigenvalue weighted by atomic mass is 10.1. The van der Waals surface area contributed by atoms with Gasteiger partial charge in [0.2, 0.25) is 5.91 Å². The summed E-state index contributed by atoms with van der Waals surface area (Å²) in [7, 11) is 0. The summed E-state index contributed by atoms with van der Waals surface area (Å²) in [5.41, 5.74) is 1.77. The fraction of sp³-hybridized carbons (Fsp3) is 0.300. The number of hydrogen-bond donors (Lipinski definition) is 0. The monoisotopic (exact) mass is 356 g/mol. The second-order valence-electron chi connectivity index (χ2n) is 6.17. The van der Waals surface area contributed by atoms with Crippen LogP contribution in [0.25, 0.3) is 0 Å². The molecule has 1 heterocycles. The molecular weight excluding hydrogens is 336 g/mol. The molecule has 1 aliphatic rings. The molecule has 2 aromatic carbocycles. The zero-order valence-electron chi connectivity index (χ0n) is 14.0. The van der Waals surface area contributed by atoms with E-state index in [4.69, 9.17) is 11.6 Å². The minimum absolute atomic E-state index is 0.0339. The Kier molecular flexibility index (Phi) is 5.71. The van der Waals surface area contributed by atoms with Crippen LogP contribution in [0.4, 0.5) is 0 Å². The molecule has 25 heavy (non-hydrogen) atoms. The van der Waals surface area contributed by atoms with Gasteiger partial charge in [-0.05, 0) is 36.2 Å². The Morgan fingerprint density at radius 3 is 2.24 bits per heavy atom. The maximum atomic E-state index is 12.4. The van der Waals surface area contributed by atoms with E-state index in [2.05, 4.69) is 0 Å². The Labute approximate surface area is 153 Å². The van der Waals surface area contributed by atoms with Crippen molar-refractivity contribution in [3.63, 3.8) is 0 Å². The molecule has 3 rings (SSSR count). The lowest BCUT2D eigenvalue weighted by molar-refractivity contribution is -0.132. The molecule has 0 radical (unpaired) electrons. The number of hydrogen-bond acceptors (Lipinski definition) is 2. The lowest BCUT2D eigenvalue weighted by Crippen LogP contribution is -2.50. The zero-order chi connectivity index (χ0) is 17.6. The topological polar surface area (TPSA) is 40.6 Å². The number of carbonyl (C=O) groups excluding carboxylic acids is 2. The molecule has 4 nitrogen and oxygen atoms in total. The fourth-order valence-corrected chi connectivity index (χ4v) is 3.24. The molecule has 0 aromatic heterocycles. The van der Waals surface area contributed by atoms with E-state index in [1.165, 1.54) is 0 Å². The lowest BCUT2D eigenvalue weighted by Gasteiger charge is -2.35. The number of amides is 2. The third-order valence-corrected chi connectivity index (χ3v) is 4.69. The van der Waals surface area contributed by atoms with Gasteiger partial charge in [0.1, 0.15) is 0 Å². The molecule has 0 atom stereocenters. The van der Waals surface area contributed by atoms with E-state index in [1.54, 1.807) is 0 Å². The number of aryl methyl sites for hydroxylation is 1. The summed E-state index contributed by atoms with van der Waals surface area (Å²) in [6.07, 6.45) is 1.15. The molecule has 2 aromatic rings. The van der Waals surface area contributed by atoms with Crippen LogP contribution < -0.4 is 0 Å². The van der Waals surface area contributed by atoms with Gasteiger partial charge in [-0.15, -0.1) is 0 Å². The Hall–Kier alpha value is -2.33. The summed E-state index contributed by atoms with van der Waals surface area (Å²) in [4.78, 5) is 28.5. The first kappa shape index (κ1) is 17.5. The molecule has 0 N–H and O–H groups in total. The smallest absolute Gasteiger partial charge is 0.253 e. The predicted molar refractivity (Wildman–Crippen MR) is 98.7 cm³/mol. The minimum atomic E-state index is 0.0339. The van der Waals surface area contributed by atoms with Gasteiger partial charge in [-0.2, -0.15) is 0 Å². The number of halogens is 1. The van der Waals surface area contributed by atoms with Crippen LogP contribution in [-0.4, -0.2) is 47.8 Å². The number of carbonyl (C=O) groups is 2. The second kappa shape index (κ2) is 8.17. The van der Waals surface area contributed by atoms with Gasteiger partial charge in [0.15, 0.2) is 0 Å². The first-order valence-corrected chi connectivity index (χ1v) is 8.88. The van der Waals surface area contributed by atoms with Gasteiger partial charge < -0.3 is 9.80 Å². The van der Waals surface area contributed by atoms with E-state index in [0.717, 1.165) is 5.56 Å². The highest BCUT2D eigenvalue weighted by molar-refractivity contribution is 6.30. The van der Waals surface area contributed by atoms with Crippen molar-refractivity contribution in [3.05, 3.63) is 70.7 Å². The maximum absolute atomic E-state index is 12.4.